The Bertz CT molecular complexity index is 606. The molecule has 1 aromatic heterocycles. The minimum absolute atomic E-state index is 0.0276. The molecular weight excluding hydrogens is 298 g/mol. The van der Waals surface area contributed by atoms with Crippen LogP contribution in [0.1, 0.15) is 36.5 Å². The first kappa shape index (κ1) is 15.9. The fraction of sp³-hybridized carbons (Fsp3) is 0.667. The molecule has 8 nitrogen and oxygen atoms in total. The molecule has 118 valence electrons. The Hall–Kier alpha value is -1.45. The highest BCUT2D eigenvalue weighted by atomic mass is 32.2. The van der Waals surface area contributed by atoms with Gasteiger partial charge in [-0.3, -0.25) is 5.10 Å². The van der Waals surface area contributed by atoms with Crippen molar-refractivity contribution in [1.29, 1.82) is 0 Å². The summed E-state index contributed by atoms with van der Waals surface area (Å²) >= 11 is 0. The Labute approximate surface area is 122 Å². The number of hydrogen-bond acceptors (Lipinski definition) is 6. The molecule has 0 aromatic carbocycles. The number of esters is 1. The van der Waals surface area contributed by atoms with Gasteiger partial charge < -0.3 is 9.84 Å². The molecule has 0 radical (unpaired) electrons. The molecule has 1 saturated carbocycles. The SMILES string of the molecule is CCOC(=O)c1cn[nH]c1S(=O)(=O)NCC1(CCO)CC1. The summed E-state index contributed by atoms with van der Waals surface area (Å²) in [7, 11) is -3.87. The number of rotatable bonds is 8. The molecule has 21 heavy (non-hydrogen) atoms. The molecule has 0 amide bonds. The summed E-state index contributed by atoms with van der Waals surface area (Å²) in [5.74, 6) is -0.733. The van der Waals surface area contributed by atoms with Gasteiger partial charge in [-0.15, -0.1) is 0 Å². The number of nitrogens with one attached hydrogen (secondary N) is 2. The lowest BCUT2D eigenvalue weighted by Crippen LogP contribution is -2.32. The van der Waals surface area contributed by atoms with Crippen molar-refractivity contribution < 1.29 is 23.1 Å². The Morgan fingerprint density at radius 3 is 2.86 bits per heavy atom. The van der Waals surface area contributed by atoms with Gasteiger partial charge in [-0.2, -0.15) is 5.10 Å². The number of ether oxygens (including phenoxy) is 1. The van der Waals surface area contributed by atoms with Crippen LogP contribution in [-0.4, -0.2) is 49.4 Å². The molecule has 1 fully saturated rings. The van der Waals surface area contributed by atoms with Crippen LogP contribution in [0.2, 0.25) is 0 Å². The first-order valence-corrected chi connectivity index (χ1v) is 8.23. The van der Waals surface area contributed by atoms with Crippen LogP contribution in [0, 0.1) is 5.41 Å². The predicted octanol–water partition coefficient (Wildman–Crippen LogP) is 0.0273. The minimum Gasteiger partial charge on any atom is -0.462 e. The summed E-state index contributed by atoms with van der Waals surface area (Å²) in [5, 5.41) is 14.6. The summed E-state index contributed by atoms with van der Waals surface area (Å²) in [6.45, 7) is 2.05. The predicted molar refractivity (Wildman–Crippen MR) is 73.1 cm³/mol. The molecular formula is C12H19N3O5S. The molecule has 0 aliphatic heterocycles. The number of aromatic amines is 1. The lowest BCUT2D eigenvalue weighted by atomic mass is 10.0. The molecule has 3 N–H and O–H groups in total. The molecule has 0 saturated heterocycles. The molecule has 1 aliphatic carbocycles. The highest BCUT2D eigenvalue weighted by Gasteiger charge is 2.43. The molecule has 0 atom stereocenters. The second-order valence-corrected chi connectivity index (χ2v) is 6.84. The molecule has 1 aliphatic rings. The van der Waals surface area contributed by atoms with Gasteiger partial charge in [0, 0.05) is 13.2 Å². The van der Waals surface area contributed by atoms with Crippen LogP contribution in [0.25, 0.3) is 0 Å². The third-order valence-corrected chi connectivity index (χ3v) is 4.98. The Balaban J connectivity index is 2.10. The average Bonchev–Trinajstić information content (AvgIpc) is 3.02. The minimum atomic E-state index is -3.87. The van der Waals surface area contributed by atoms with E-state index in [4.69, 9.17) is 9.84 Å². The lowest BCUT2D eigenvalue weighted by Gasteiger charge is -2.14. The topological polar surface area (TPSA) is 121 Å². The van der Waals surface area contributed by atoms with E-state index in [1.165, 1.54) is 0 Å². The van der Waals surface area contributed by atoms with E-state index in [1.807, 2.05) is 0 Å². The van der Waals surface area contributed by atoms with E-state index in [2.05, 4.69) is 14.9 Å². The van der Waals surface area contributed by atoms with Crippen molar-refractivity contribution in [1.82, 2.24) is 14.9 Å². The largest absolute Gasteiger partial charge is 0.462 e. The third-order valence-electron chi connectivity index (χ3n) is 3.60. The first-order valence-electron chi connectivity index (χ1n) is 6.75. The maximum absolute atomic E-state index is 12.2. The van der Waals surface area contributed by atoms with E-state index in [1.54, 1.807) is 6.92 Å². The fourth-order valence-electron chi connectivity index (χ4n) is 2.08. The number of H-pyrrole nitrogens is 1. The number of hydrogen-bond donors (Lipinski definition) is 3. The molecule has 0 bridgehead atoms. The molecule has 1 aromatic rings. The monoisotopic (exact) mass is 317 g/mol. The van der Waals surface area contributed by atoms with E-state index >= 15 is 0 Å². The van der Waals surface area contributed by atoms with E-state index in [9.17, 15) is 13.2 Å². The van der Waals surface area contributed by atoms with Gasteiger partial charge in [-0.1, -0.05) is 0 Å². The number of nitrogens with zero attached hydrogens (tertiary/aromatic N) is 1. The highest BCUT2D eigenvalue weighted by Crippen LogP contribution is 2.48. The summed E-state index contributed by atoms with van der Waals surface area (Å²) in [6, 6.07) is 0. The Morgan fingerprint density at radius 1 is 1.57 bits per heavy atom. The van der Waals surface area contributed by atoms with Crippen LogP contribution >= 0.6 is 0 Å². The van der Waals surface area contributed by atoms with Crippen LogP contribution in [-0.2, 0) is 14.8 Å². The van der Waals surface area contributed by atoms with Crippen LogP contribution in [0.4, 0.5) is 0 Å². The van der Waals surface area contributed by atoms with Crippen molar-refractivity contribution in [3.63, 3.8) is 0 Å². The molecule has 0 unspecified atom stereocenters. The average molecular weight is 317 g/mol. The van der Waals surface area contributed by atoms with Crippen molar-refractivity contribution in [3.8, 4) is 0 Å². The van der Waals surface area contributed by atoms with Gasteiger partial charge in [0.1, 0.15) is 5.56 Å². The third kappa shape index (κ3) is 3.60. The van der Waals surface area contributed by atoms with Gasteiger partial charge in [0.15, 0.2) is 5.03 Å². The number of aromatic nitrogens is 2. The van der Waals surface area contributed by atoms with E-state index in [0.717, 1.165) is 19.0 Å². The van der Waals surface area contributed by atoms with Gasteiger partial charge in [-0.25, -0.2) is 17.9 Å². The maximum Gasteiger partial charge on any atom is 0.342 e. The summed E-state index contributed by atoms with van der Waals surface area (Å²) in [6.07, 6.45) is 3.45. The quantitative estimate of drug-likeness (QED) is 0.581. The molecule has 0 spiro atoms. The molecule has 2 rings (SSSR count). The number of carbonyl (C=O) groups is 1. The van der Waals surface area contributed by atoms with Gasteiger partial charge in [0.05, 0.1) is 12.8 Å². The molecule has 9 heteroatoms. The van der Waals surface area contributed by atoms with E-state index < -0.39 is 16.0 Å². The standard InChI is InChI=1S/C12H19N3O5S/c1-2-20-11(17)9-7-13-15-10(9)21(18,19)14-8-12(3-4-12)5-6-16/h7,14,16H,2-6,8H2,1H3,(H,13,15). The van der Waals surface area contributed by atoms with Crippen LogP contribution in [0.5, 0.6) is 0 Å². The summed E-state index contributed by atoms with van der Waals surface area (Å²) < 4.78 is 31.8. The van der Waals surface area contributed by atoms with Gasteiger partial charge in [0.25, 0.3) is 10.0 Å². The number of carbonyl (C=O) groups excluding carboxylic acids is 1. The summed E-state index contributed by atoms with van der Waals surface area (Å²) in [4.78, 5) is 11.7. The van der Waals surface area contributed by atoms with Crippen molar-refractivity contribution in [2.45, 2.75) is 31.2 Å². The molecule has 1 heterocycles. The normalized spacial score (nSPS) is 16.7. The second kappa shape index (κ2) is 6.12. The lowest BCUT2D eigenvalue weighted by molar-refractivity contribution is 0.0522. The smallest absolute Gasteiger partial charge is 0.342 e. The van der Waals surface area contributed by atoms with Crippen molar-refractivity contribution in [3.05, 3.63) is 11.8 Å². The van der Waals surface area contributed by atoms with E-state index in [0.29, 0.717) is 6.42 Å². The zero-order chi connectivity index (χ0) is 15.5. The Kier molecular flexibility index (Phi) is 4.64. The maximum atomic E-state index is 12.2. The zero-order valence-electron chi connectivity index (χ0n) is 11.8. The number of aliphatic hydroxyl groups is 1. The zero-order valence-corrected chi connectivity index (χ0v) is 12.6. The fourth-order valence-corrected chi connectivity index (χ4v) is 3.32. The van der Waals surface area contributed by atoms with Gasteiger partial charge in [0.2, 0.25) is 0 Å². The highest BCUT2D eigenvalue weighted by molar-refractivity contribution is 7.89. The first-order chi connectivity index (χ1) is 9.94. The van der Waals surface area contributed by atoms with Crippen molar-refractivity contribution >= 4 is 16.0 Å². The number of aliphatic hydroxyl groups excluding tert-OH is 1. The van der Waals surface area contributed by atoms with E-state index in [-0.39, 0.29) is 35.8 Å². The van der Waals surface area contributed by atoms with Gasteiger partial charge >= 0.3 is 5.97 Å². The Morgan fingerprint density at radius 2 is 2.29 bits per heavy atom. The van der Waals surface area contributed by atoms with Crippen molar-refractivity contribution in [2.24, 2.45) is 5.41 Å². The van der Waals surface area contributed by atoms with Crippen molar-refractivity contribution in [2.75, 3.05) is 19.8 Å². The second-order valence-electron chi connectivity index (χ2n) is 5.13. The van der Waals surface area contributed by atoms with Crippen LogP contribution < -0.4 is 4.72 Å². The summed E-state index contributed by atoms with van der Waals surface area (Å²) in [5.41, 5.74) is -0.275. The van der Waals surface area contributed by atoms with Gasteiger partial charge in [-0.05, 0) is 31.6 Å². The number of sulfonamides is 1. The van der Waals surface area contributed by atoms with Crippen LogP contribution in [0.15, 0.2) is 11.2 Å². The van der Waals surface area contributed by atoms with Crippen LogP contribution in [0.3, 0.4) is 0 Å².